The number of nitrogens with zero attached hydrogens (tertiary/aromatic N) is 3. The summed E-state index contributed by atoms with van der Waals surface area (Å²) in [6.45, 7) is 0. The smallest absolute Gasteiger partial charge is 0.303 e. The molecule has 5 nitrogen and oxygen atoms in total. The molecular formula is C13H12Cl3N3O2. The van der Waals surface area contributed by atoms with Gasteiger partial charge in [0.25, 0.3) is 0 Å². The van der Waals surface area contributed by atoms with Crippen LogP contribution in [0.2, 0.25) is 15.1 Å². The van der Waals surface area contributed by atoms with Gasteiger partial charge in [-0.15, -0.1) is 5.10 Å². The predicted octanol–water partition coefficient (Wildman–Crippen LogP) is 4.02. The van der Waals surface area contributed by atoms with Crippen LogP contribution in [0.15, 0.2) is 18.3 Å². The minimum absolute atomic E-state index is 0.156. The molecule has 0 aliphatic carbocycles. The zero-order chi connectivity index (χ0) is 15.4. The zero-order valence-corrected chi connectivity index (χ0v) is 13.2. The van der Waals surface area contributed by atoms with Crippen molar-refractivity contribution in [3.05, 3.63) is 39.1 Å². The van der Waals surface area contributed by atoms with E-state index in [1.807, 2.05) is 0 Å². The van der Waals surface area contributed by atoms with Crippen LogP contribution in [-0.2, 0) is 11.2 Å². The van der Waals surface area contributed by atoms with E-state index in [1.54, 1.807) is 18.3 Å². The molecule has 0 saturated heterocycles. The van der Waals surface area contributed by atoms with E-state index in [2.05, 4.69) is 10.3 Å². The first kappa shape index (κ1) is 16.1. The van der Waals surface area contributed by atoms with Crippen LogP contribution in [0.1, 0.15) is 25.0 Å². The summed E-state index contributed by atoms with van der Waals surface area (Å²) >= 11 is 18.1. The van der Waals surface area contributed by atoms with Crippen LogP contribution in [0, 0.1) is 0 Å². The number of carboxylic acids is 1. The molecule has 1 heterocycles. The number of hydrogen-bond donors (Lipinski definition) is 1. The van der Waals surface area contributed by atoms with Gasteiger partial charge in [-0.3, -0.25) is 4.79 Å². The van der Waals surface area contributed by atoms with E-state index < -0.39 is 5.97 Å². The second-order valence-corrected chi connectivity index (χ2v) is 5.72. The molecule has 0 spiro atoms. The summed E-state index contributed by atoms with van der Waals surface area (Å²) in [5.41, 5.74) is 1.27. The lowest BCUT2D eigenvalue weighted by molar-refractivity contribution is -0.137. The molecule has 1 N–H and O–H groups in total. The number of rotatable bonds is 6. The van der Waals surface area contributed by atoms with Crippen LogP contribution < -0.4 is 0 Å². The molecule has 0 aliphatic rings. The van der Waals surface area contributed by atoms with Gasteiger partial charge in [0.05, 0.1) is 21.9 Å². The molecule has 0 amide bonds. The van der Waals surface area contributed by atoms with Gasteiger partial charge in [0.2, 0.25) is 0 Å². The fourth-order valence-electron chi connectivity index (χ4n) is 1.86. The number of unbranched alkanes of at least 4 members (excludes halogenated alkanes) is 1. The van der Waals surface area contributed by atoms with Crippen LogP contribution in [0.25, 0.3) is 5.69 Å². The van der Waals surface area contributed by atoms with E-state index in [9.17, 15) is 4.79 Å². The predicted molar refractivity (Wildman–Crippen MR) is 81.6 cm³/mol. The van der Waals surface area contributed by atoms with Gasteiger partial charge in [-0.25, -0.2) is 4.68 Å². The van der Waals surface area contributed by atoms with Gasteiger partial charge in [-0.05, 0) is 31.4 Å². The Labute approximate surface area is 136 Å². The lowest BCUT2D eigenvalue weighted by atomic mass is 10.1. The molecule has 0 fully saturated rings. The second-order valence-electron chi connectivity index (χ2n) is 4.47. The van der Waals surface area contributed by atoms with Crippen molar-refractivity contribution in [3.8, 4) is 5.69 Å². The molecule has 21 heavy (non-hydrogen) atoms. The van der Waals surface area contributed by atoms with Gasteiger partial charge in [-0.2, -0.15) is 0 Å². The number of halogens is 3. The van der Waals surface area contributed by atoms with Crippen LogP contribution in [-0.4, -0.2) is 26.1 Å². The number of benzene rings is 1. The monoisotopic (exact) mass is 347 g/mol. The molecule has 0 aliphatic heterocycles. The second kappa shape index (κ2) is 7.11. The summed E-state index contributed by atoms with van der Waals surface area (Å²) in [5.74, 6) is -0.793. The highest BCUT2D eigenvalue weighted by Gasteiger charge is 2.12. The van der Waals surface area contributed by atoms with E-state index in [1.165, 1.54) is 4.68 Å². The normalized spacial score (nSPS) is 10.8. The maximum atomic E-state index is 10.4. The number of carboxylic acid groups (broad SMARTS) is 1. The third-order valence-corrected chi connectivity index (χ3v) is 3.62. The Kier molecular flexibility index (Phi) is 5.45. The molecule has 2 aromatic rings. The summed E-state index contributed by atoms with van der Waals surface area (Å²) in [5, 5.41) is 17.8. The summed E-state index contributed by atoms with van der Waals surface area (Å²) in [4.78, 5) is 10.4. The summed E-state index contributed by atoms with van der Waals surface area (Å²) in [6.07, 6.45) is 3.86. The molecule has 0 saturated carbocycles. The molecule has 0 bridgehead atoms. The summed E-state index contributed by atoms with van der Waals surface area (Å²) in [7, 11) is 0. The van der Waals surface area contributed by atoms with E-state index >= 15 is 0 Å². The highest BCUT2D eigenvalue weighted by Crippen LogP contribution is 2.31. The highest BCUT2D eigenvalue weighted by molar-refractivity contribution is 6.40. The first-order valence-corrected chi connectivity index (χ1v) is 7.38. The minimum Gasteiger partial charge on any atom is -0.481 e. The molecule has 0 atom stereocenters. The van der Waals surface area contributed by atoms with Crippen molar-refractivity contribution in [2.24, 2.45) is 0 Å². The lowest BCUT2D eigenvalue weighted by Crippen LogP contribution is -1.97. The fraction of sp³-hybridized carbons (Fsp3) is 0.308. The Balaban J connectivity index is 2.08. The molecule has 1 aromatic heterocycles. The maximum Gasteiger partial charge on any atom is 0.303 e. The molecular weight excluding hydrogens is 337 g/mol. The van der Waals surface area contributed by atoms with Gasteiger partial charge >= 0.3 is 5.97 Å². The lowest BCUT2D eigenvalue weighted by Gasteiger charge is -2.06. The fourth-order valence-corrected chi connectivity index (χ4v) is 2.85. The van der Waals surface area contributed by atoms with Gasteiger partial charge in [0.15, 0.2) is 0 Å². The van der Waals surface area contributed by atoms with E-state index in [4.69, 9.17) is 39.9 Å². The molecule has 0 unspecified atom stereocenters. The van der Waals surface area contributed by atoms with Crippen LogP contribution >= 0.6 is 34.8 Å². The van der Waals surface area contributed by atoms with E-state index in [-0.39, 0.29) is 6.42 Å². The summed E-state index contributed by atoms with van der Waals surface area (Å²) in [6, 6.07) is 3.16. The quantitative estimate of drug-likeness (QED) is 0.800. The number of aryl methyl sites for hydroxylation is 1. The largest absolute Gasteiger partial charge is 0.481 e. The van der Waals surface area contributed by atoms with Crippen LogP contribution in [0.3, 0.4) is 0 Å². The van der Waals surface area contributed by atoms with Crippen molar-refractivity contribution in [3.63, 3.8) is 0 Å². The minimum atomic E-state index is -0.793. The van der Waals surface area contributed by atoms with Gasteiger partial charge < -0.3 is 5.11 Å². The van der Waals surface area contributed by atoms with E-state index in [0.717, 1.165) is 12.1 Å². The van der Waals surface area contributed by atoms with Crippen molar-refractivity contribution in [2.75, 3.05) is 0 Å². The first-order valence-electron chi connectivity index (χ1n) is 6.25. The topological polar surface area (TPSA) is 68.0 Å². The van der Waals surface area contributed by atoms with Crippen LogP contribution in [0.5, 0.6) is 0 Å². The Bertz CT molecular complexity index is 635. The Hall–Kier alpha value is -1.30. The average Bonchev–Trinajstić information content (AvgIpc) is 2.81. The Morgan fingerprint density at radius 2 is 1.86 bits per heavy atom. The van der Waals surface area contributed by atoms with Crippen LogP contribution in [0.4, 0.5) is 0 Å². The molecule has 0 radical (unpaired) electrons. The van der Waals surface area contributed by atoms with Gasteiger partial charge in [-0.1, -0.05) is 40.0 Å². The standard InChI is InChI=1S/C13H12Cl3N3O2/c14-8-5-10(15)13(11(16)6-8)19-7-9(17-18-19)3-1-2-4-12(20)21/h5-7H,1-4H2,(H,20,21). The van der Waals surface area contributed by atoms with E-state index in [0.29, 0.717) is 33.6 Å². The SMILES string of the molecule is O=C(O)CCCCc1cn(-c2c(Cl)cc(Cl)cc2Cl)nn1. The highest BCUT2D eigenvalue weighted by atomic mass is 35.5. The van der Waals surface area contributed by atoms with Gasteiger partial charge in [0, 0.05) is 11.4 Å². The zero-order valence-electron chi connectivity index (χ0n) is 10.9. The molecule has 8 heteroatoms. The maximum absolute atomic E-state index is 10.4. The Morgan fingerprint density at radius 3 is 2.48 bits per heavy atom. The summed E-state index contributed by atoms with van der Waals surface area (Å²) < 4.78 is 1.49. The molecule has 2 rings (SSSR count). The number of aliphatic carboxylic acids is 1. The molecule has 112 valence electrons. The third kappa shape index (κ3) is 4.33. The van der Waals surface area contributed by atoms with Crippen molar-refractivity contribution in [1.29, 1.82) is 0 Å². The van der Waals surface area contributed by atoms with Gasteiger partial charge in [0.1, 0.15) is 5.69 Å². The number of aromatic nitrogens is 3. The van der Waals surface area contributed by atoms with Crippen molar-refractivity contribution < 1.29 is 9.90 Å². The Morgan fingerprint density at radius 1 is 1.19 bits per heavy atom. The van der Waals surface area contributed by atoms with Crippen molar-refractivity contribution in [1.82, 2.24) is 15.0 Å². The third-order valence-electron chi connectivity index (χ3n) is 2.83. The molecule has 1 aromatic carbocycles. The number of hydrogen-bond acceptors (Lipinski definition) is 3. The average molecular weight is 349 g/mol. The van der Waals surface area contributed by atoms with Crippen molar-refractivity contribution in [2.45, 2.75) is 25.7 Å². The number of carbonyl (C=O) groups is 1. The van der Waals surface area contributed by atoms with Crippen molar-refractivity contribution >= 4 is 40.8 Å². The first-order chi connectivity index (χ1) is 9.97.